The summed E-state index contributed by atoms with van der Waals surface area (Å²) in [5.41, 5.74) is 6.13. The predicted molar refractivity (Wildman–Crippen MR) is 136 cm³/mol. The maximum atomic E-state index is 14.8. The van der Waals surface area contributed by atoms with Crippen LogP contribution in [0.1, 0.15) is 46.7 Å². The van der Waals surface area contributed by atoms with E-state index in [0.29, 0.717) is 33.8 Å². The van der Waals surface area contributed by atoms with Crippen molar-refractivity contribution in [1.82, 2.24) is 14.9 Å². The van der Waals surface area contributed by atoms with Crippen molar-refractivity contribution < 1.29 is 26.4 Å². The van der Waals surface area contributed by atoms with Gasteiger partial charge in [-0.15, -0.1) is 0 Å². The van der Waals surface area contributed by atoms with Gasteiger partial charge in [0.05, 0.1) is 34.2 Å². The Hall–Kier alpha value is -3.61. The number of nitrogens with one attached hydrogen (secondary N) is 2. The van der Waals surface area contributed by atoms with Crippen LogP contribution in [0.4, 0.5) is 30.4 Å². The lowest BCUT2D eigenvalue weighted by Crippen LogP contribution is -2.43. The summed E-state index contributed by atoms with van der Waals surface area (Å²) in [4.78, 5) is 23.6. The Morgan fingerprint density at radius 2 is 1.76 bits per heavy atom. The first kappa shape index (κ1) is 26.5. The van der Waals surface area contributed by atoms with Gasteiger partial charge in [0.25, 0.3) is 12.3 Å². The molecule has 1 aliphatic rings. The van der Waals surface area contributed by atoms with Gasteiger partial charge in [0.2, 0.25) is 0 Å². The Labute approximate surface area is 212 Å². The first-order chi connectivity index (χ1) is 17.4. The highest BCUT2D eigenvalue weighted by Crippen LogP contribution is 2.34. The fraction of sp³-hybridized carbons (Fsp3) is 0.375. The van der Waals surface area contributed by atoms with Crippen LogP contribution >= 0.6 is 0 Å². The molecular weight excluding hydrogens is 509 g/mol. The lowest BCUT2D eigenvalue weighted by atomic mass is 10.0. The second kappa shape index (κ2) is 10.0. The van der Waals surface area contributed by atoms with E-state index < -0.39 is 33.7 Å². The van der Waals surface area contributed by atoms with Crippen molar-refractivity contribution >= 4 is 43.8 Å². The molecule has 13 heteroatoms. The molecule has 0 aliphatic carbocycles. The number of rotatable bonds is 6. The van der Waals surface area contributed by atoms with Crippen LogP contribution in [0.5, 0.6) is 0 Å². The van der Waals surface area contributed by atoms with Crippen molar-refractivity contribution in [2.24, 2.45) is 0 Å². The summed E-state index contributed by atoms with van der Waals surface area (Å²) in [7, 11) is -1.52. The molecule has 3 aromatic rings. The van der Waals surface area contributed by atoms with Crippen LogP contribution in [0.2, 0.25) is 0 Å². The molecule has 4 rings (SSSR count). The van der Waals surface area contributed by atoms with Crippen LogP contribution in [0.15, 0.2) is 24.3 Å². The number of carbonyl (C=O) groups is 1. The number of carbonyl (C=O) groups excluding carboxylic acids is 1. The predicted octanol–water partition coefficient (Wildman–Crippen LogP) is 3.68. The zero-order chi connectivity index (χ0) is 27.1. The lowest BCUT2D eigenvalue weighted by molar-refractivity contribution is 0.0771. The second-order valence-electron chi connectivity index (χ2n) is 8.91. The number of nitrogens with two attached hydrogens (primary N) is 1. The van der Waals surface area contributed by atoms with Gasteiger partial charge in [-0.1, -0.05) is 0 Å². The molecule has 1 aromatic heterocycles. The van der Waals surface area contributed by atoms with Crippen molar-refractivity contribution in [3.8, 4) is 0 Å². The number of fused-ring (bicyclic) bond motifs is 1. The van der Waals surface area contributed by atoms with Crippen LogP contribution in [0.25, 0.3) is 10.9 Å². The number of benzene rings is 2. The van der Waals surface area contributed by atoms with E-state index in [0.717, 1.165) is 6.07 Å². The minimum Gasteiger partial charge on any atom is -0.399 e. The number of anilines is 3. The molecular formula is C24H27F3N6O3S. The molecule has 1 atom stereocenters. The second-order valence-corrected chi connectivity index (χ2v) is 11.2. The van der Waals surface area contributed by atoms with Gasteiger partial charge in [-0.2, -0.15) is 0 Å². The van der Waals surface area contributed by atoms with E-state index in [1.807, 2.05) is 0 Å². The summed E-state index contributed by atoms with van der Waals surface area (Å²) in [5, 5.41) is 6.56. The normalized spacial score (nSPS) is 16.1. The highest BCUT2D eigenvalue weighted by molar-refractivity contribution is 7.91. The lowest BCUT2D eigenvalue weighted by Gasteiger charge is -2.27. The largest absolute Gasteiger partial charge is 0.399 e. The van der Waals surface area contributed by atoms with Gasteiger partial charge >= 0.3 is 0 Å². The van der Waals surface area contributed by atoms with Gasteiger partial charge in [-0.3, -0.25) is 4.79 Å². The number of hydrogen-bond donors (Lipinski definition) is 3. The zero-order valence-corrected chi connectivity index (χ0v) is 21.3. The molecule has 1 aliphatic heterocycles. The number of nitrogen functional groups attached to an aromatic ring is 1. The summed E-state index contributed by atoms with van der Waals surface area (Å²) in [6.07, 6.45) is -3.02. The Balaban J connectivity index is 1.72. The van der Waals surface area contributed by atoms with Crippen molar-refractivity contribution in [1.29, 1.82) is 0 Å². The molecule has 0 bridgehead atoms. The van der Waals surface area contributed by atoms with E-state index in [4.69, 9.17) is 5.73 Å². The van der Waals surface area contributed by atoms with Crippen LogP contribution in [0.3, 0.4) is 0 Å². The molecule has 2 heterocycles. The Morgan fingerprint density at radius 1 is 1.11 bits per heavy atom. The van der Waals surface area contributed by atoms with Crippen molar-refractivity contribution in [3.05, 3.63) is 52.6 Å². The summed E-state index contributed by atoms with van der Waals surface area (Å²) in [5.74, 6) is -0.892. The third-order valence-electron chi connectivity index (χ3n) is 6.28. The topological polar surface area (TPSA) is 130 Å². The molecule has 1 amide bonds. The molecule has 0 saturated carbocycles. The van der Waals surface area contributed by atoms with Crippen molar-refractivity contribution in [2.45, 2.75) is 26.3 Å². The Kier molecular flexibility index (Phi) is 7.18. The maximum Gasteiger partial charge on any atom is 0.266 e. The number of aromatic nitrogens is 2. The molecule has 37 heavy (non-hydrogen) atoms. The third-order valence-corrected chi connectivity index (χ3v) is 7.89. The first-order valence-electron chi connectivity index (χ1n) is 11.5. The van der Waals surface area contributed by atoms with Gasteiger partial charge in [0, 0.05) is 42.5 Å². The van der Waals surface area contributed by atoms with Crippen LogP contribution in [-0.4, -0.2) is 60.8 Å². The van der Waals surface area contributed by atoms with Crippen molar-refractivity contribution in [2.75, 3.05) is 48.0 Å². The number of sulfone groups is 1. The fourth-order valence-electron chi connectivity index (χ4n) is 4.32. The smallest absolute Gasteiger partial charge is 0.266 e. The molecule has 0 radical (unpaired) electrons. The number of halogens is 3. The molecule has 198 valence electrons. The average Bonchev–Trinajstić information content (AvgIpc) is 2.83. The molecule has 1 saturated heterocycles. The minimum atomic E-state index is -3.16. The van der Waals surface area contributed by atoms with Gasteiger partial charge in [0.1, 0.15) is 17.5 Å². The molecule has 0 spiro atoms. The van der Waals surface area contributed by atoms with Crippen molar-refractivity contribution in [3.63, 3.8) is 0 Å². The Morgan fingerprint density at radius 3 is 2.38 bits per heavy atom. The van der Waals surface area contributed by atoms with E-state index in [1.54, 1.807) is 33.0 Å². The third kappa shape index (κ3) is 5.41. The standard InChI is InChI=1S/C24H27F3N6O3S/c1-12(15-8-14(28)9-18(21(15)25)22(26)27)30-23-16-10-19(29-3)17(11-20(16)31-13(2)32-23)24(34)33-4-6-37(35,36)7-5-33/h8-12,22,29H,4-7,28H2,1-3H3,(H,30,31,32). The number of aryl methyl sites for hydroxylation is 1. The van der Waals surface area contributed by atoms with E-state index in [9.17, 15) is 26.4 Å². The number of nitrogens with zero attached hydrogens (tertiary/aromatic N) is 3. The summed E-state index contributed by atoms with van der Waals surface area (Å²) in [6.45, 7) is 3.44. The van der Waals surface area contributed by atoms with Gasteiger partial charge in [0.15, 0.2) is 9.84 Å². The minimum absolute atomic E-state index is 0.00946. The monoisotopic (exact) mass is 536 g/mol. The van der Waals surface area contributed by atoms with E-state index in [-0.39, 0.29) is 41.8 Å². The highest BCUT2D eigenvalue weighted by atomic mass is 32.2. The quantitative estimate of drug-likeness (QED) is 0.407. The molecule has 2 aromatic carbocycles. The number of amides is 1. The number of alkyl halides is 2. The van der Waals surface area contributed by atoms with Crippen LogP contribution < -0.4 is 16.4 Å². The number of hydrogen-bond acceptors (Lipinski definition) is 8. The molecule has 9 nitrogen and oxygen atoms in total. The highest BCUT2D eigenvalue weighted by Gasteiger charge is 2.28. The van der Waals surface area contributed by atoms with Crippen LogP contribution in [0, 0.1) is 12.7 Å². The molecule has 1 fully saturated rings. The summed E-state index contributed by atoms with van der Waals surface area (Å²) >= 11 is 0. The van der Waals surface area contributed by atoms with E-state index in [2.05, 4.69) is 20.6 Å². The SMILES string of the molecule is CNc1cc2c(NC(C)c3cc(N)cc(C(F)F)c3F)nc(C)nc2cc1C(=O)N1CCS(=O)(=O)CC1. The van der Waals surface area contributed by atoms with Gasteiger partial charge in [-0.05, 0) is 38.1 Å². The average molecular weight is 537 g/mol. The summed E-state index contributed by atoms with van der Waals surface area (Å²) < 4.78 is 65.0. The van der Waals surface area contributed by atoms with E-state index in [1.165, 1.54) is 11.0 Å². The van der Waals surface area contributed by atoms with Crippen LogP contribution in [-0.2, 0) is 9.84 Å². The maximum absolute atomic E-state index is 14.8. The summed E-state index contributed by atoms with van der Waals surface area (Å²) in [6, 6.07) is 4.68. The van der Waals surface area contributed by atoms with Gasteiger partial charge in [-0.25, -0.2) is 31.6 Å². The van der Waals surface area contributed by atoms with Gasteiger partial charge < -0.3 is 21.3 Å². The molecule has 1 unspecified atom stereocenters. The van der Waals surface area contributed by atoms with E-state index >= 15 is 0 Å². The fourth-order valence-corrected chi connectivity index (χ4v) is 5.52. The molecule has 4 N–H and O–H groups in total. The first-order valence-corrected chi connectivity index (χ1v) is 13.4. The Bertz CT molecular complexity index is 1470. The zero-order valence-electron chi connectivity index (χ0n) is 20.5.